The Morgan fingerprint density at radius 1 is 1.47 bits per heavy atom. The second-order valence-corrected chi connectivity index (χ2v) is 4.19. The van der Waals surface area contributed by atoms with Crippen LogP contribution in [0.4, 0.5) is 15.8 Å². The summed E-state index contributed by atoms with van der Waals surface area (Å²) >= 11 is 0. The SMILES string of the molecule is Cc1n[nH]c(C)c1CNc1ccc([N+](=O)[O-])cc1F. The summed E-state index contributed by atoms with van der Waals surface area (Å²) in [6.07, 6.45) is 0. The maximum absolute atomic E-state index is 13.6. The summed E-state index contributed by atoms with van der Waals surface area (Å²) < 4.78 is 13.6. The molecule has 7 heteroatoms. The number of aromatic amines is 1. The van der Waals surface area contributed by atoms with Gasteiger partial charge >= 0.3 is 0 Å². The van der Waals surface area contributed by atoms with Crippen LogP contribution < -0.4 is 5.32 Å². The number of nitrogens with one attached hydrogen (secondary N) is 2. The Bertz CT molecular complexity index is 605. The van der Waals surface area contributed by atoms with Gasteiger partial charge in [0.05, 0.1) is 22.4 Å². The van der Waals surface area contributed by atoms with E-state index in [2.05, 4.69) is 15.5 Å². The Morgan fingerprint density at radius 2 is 2.21 bits per heavy atom. The summed E-state index contributed by atoms with van der Waals surface area (Å²) in [6.45, 7) is 4.14. The fraction of sp³-hybridized carbons (Fsp3) is 0.250. The Balaban J connectivity index is 2.14. The fourth-order valence-corrected chi connectivity index (χ4v) is 1.78. The van der Waals surface area contributed by atoms with E-state index in [1.54, 1.807) is 0 Å². The molecule has 2 N–H and O–H groups in total. The van der Waals surface area contributed by atoms with Crippen LogP contribution in [0.1, 0.15) is 17.0 Å². The van der Waals surface area contributed by atoms with Gasteiger partial charge in [0.15, 0.2) is 5.82 Å². The van der Waals surface area contributed by atoms with Gasteiger partial charge in [0, 0.05) is 23.9 Å². The van der Waals surface area contributed by atoms with Crippen LogP contribution in [0.5, 0.6) is 0 Å². The molecule has 2 rings (SSSR count). The molecule has 0 amide bonds. The highest BCUT2D eigenvalue weighted by Gasteiger charge is 2.11. The Labute approximate surface area is 108 Å². The number of nitro benzene ring substituents is 1. The maximum Gasteiger partial charge on any atom is 0.272 e. The monoisotopic (exact) mass is 264 g/mol. The first-order chi connectivity index (χ1) is 8.99. The van der Waals surface area contributed by atoms with Crippen molar-refractivity contribution in [1.29, 1.82) is 0 Å². The van der Waals surface area contributed by atoms with Crippen molar-refractivity contribution in [2.45, 2.75) is 20.4 Å². The van der Waals surface area contributed by atoms with Crippen LogP contribution >= 0.6 is 0 Å². The molecule has 0 unspecified atom stereocenters. The molecule has 0 fully saturated rings. The van der Waals surface area contributed by atoms with Crippen LogP contribution in [0.2, 0.25) is 0 Å². The zero-order valence-electron chi connectivity index (χ0n) is 10.5. The number of halogens is 1. The zero-order valence-corrected chi connectivity index (χ0v) is 10.5. The first-order valence-electron chi connectivity index (χ1n) is 5.67. The standard InChI is InChI=1S/C12H13FN4O2/c1-7-10(8(2)16-15-7)6-14-12-4-3-9(17(18)19)5-11(12)13/h3-5,14H,6H2,1-2H3,(H,15,16). The van der Waals surface area contributed by atoms with E-state index in [1.165, 1.54) is 12.1 Å². The van der Waals surface area contributed by atoms with E-state index in [4.69, 9.17) is 0 Å². The number of hydrogen-bond donors (Lipinski definition) is 2. The minimum Gasteiger partial charge on any atom is -0.378 e. The third-order valence-corrected chi connectivity index (χ3v) is 2.90. The van der Waals surface area contributed by atoms with Crippen molar-refractivity contribution in [3.05, 3.63) is 51.1 Å². The molecule has 2 aromatic rings. The number of aromatic nitrogens is 2. The van der Waals surface area contributed by atoms with Crippen molar-refractivity contribution in [3.8, 4) is 0 Å². The molecule has 6 nitrogen and oxygen atoms in total. The predicted octanol–water partition coefficient (Wildman–Crippen LogP) is 2.69. The van der Waals surface area contributed by atoms with Crippen molar-refractivity contribution in [2.24, 2.45) is 0 Å². The van der Waals surface area contributed by atoms with E-state index in [-0.39, 0.29) is 11.4 Å². The summed E-state index contributed by atoms with van der Waals surface area (Å²) in [5.74, 6) is -0.645. The second kappa shape index (κ2) is 5.05. The summed E-state index contributed by atoms with van der Waals surface area (Å²) in [7, 11) is 0. The van der Waals surface area contributed by atoms with Crippen molar-refractivity contribution in [2.75, 3.05) is 5.32 Å². The third kappa shape index (κ3) is 2.70. The van der Waals surface area contributed by atoms with E-state index < -0.39 is 10.7 Å². The number of H-pyrrole nitrogens is 1. The molecule has 0 radical (unpaired) electrons. The summed E-state index contributed by atoms with van der Waals surface area (Å²) in [5.41, 5.74) is 2.67. The number of anilines is 1. The zero-order chi connectivity index (χ0) is 14.0. The van der Waals surface area contributed by atoms with Crippen molar-refractivity contribution >= 4 is 11.4 Å². The number of aryl methyl sites for hydroxylation is 2. The Hall–Kier alpha value is -2.44. The van der Waals surface area contributed by atoms with E-state index >= 15 is 0 Å². The molecule has 1 heterocycles. The lowest BCUT2D eigenvalue weighted by Gasteiger charge is -2.07. The molecular weight excluding hydrogens is 251 g/mol. The van der Waals surface area contributed by atoms with Gasteiger partial charge in [0.1, 0.15) is 0 Å². The summed E-state index contributed by atoms with van der Waals surface area (Å²) in [6, 6.07) is 3.52. The Morgan fingerprint density at radius 3 is 2.74 bits per heavy atom. The maximum atomic E-state index is 13.6. The normalized spacial score (nSPS) is 10.5. The highest BCUT2D eigenvalue weighted by molar-refractivity contribution is 5.50. The summed E-state index contributed by atoms with van der Waals surface area (Å²) in [5, 5.41) is 20.3. The van der Waals surface area contributed by atoms with Gasteiger partial charge in [-0.15, -0.1) is 0 Å². The highest BCUT2D eigenvalue weighted by atomic mass is 19.1. The number of nitrogens with zero attached hydrogens (tertiary/aromatic N) is 2. The van der Waals surface area contributed by atoms with Crippen molar-refractivity contribution < 1.29 is 9.31 Å². The van der Waals surface area contributed by atoms with E-state index in [1.807, 2.05) is 13.8 Å². The summed E-state index contributed by atoms with van der Waals surface area (Å²) in [4.78, 5) is 9.88. The molecular formula is C12H13FN4O2. The third-order valence-electron chi connectivity index (χ3n) is 2.90. The molecule has 0 aliphatic carbocycles. The number of hydrogen-bond acceptors (Lipinski definition) is 4. The van der Waals surface area contributed by atoms with Crippen LogP contribution in [0.25, 0.3) is 0 Å². The quantitative estimate of drug-likeness (QED) is 0.656. The minimum absolute atomic E-state index is 0.227. The number of benzene rings is 1. The van der Waals surface area contributed by atoms with Gasteiger partial charge in [-0.3, -0.25) is 15.2 Å². The molecule has 0 bridgehead atoms. The van der Waals surface area contributed by atoms with Gasteiger partial charge in [-0.05, 0) is 19.9 Å². The van der Waals surface area contributed by atoms with Crippen LogP contribution in [0, 0.1) is 29.8 Å². The molecule has 0 spiro atoms. The van der Waals surface area contributed by atoms with Crippen LogP contribution in [-0.2, 0) is 6.54 Å². The minimum atomic E-state index is -0.645. The second-order valence-electron chi connectivity index (χ2n) is 4.19. The van der Waals surface area contributed by atoms with Crippen LogP contribution in [-0.4, -0.2) is 15.1 Å². The van der Waals surface area contributed by atoms with Crippen LogP contribution in [0.3, 0.4) is 0 Å². The first-order valence-corrected chi connectivity index (χ1v) is 5.67. The molecule has 1 aromatic carbocycles. The largest absolute Gasteiger partial charge is 0.378 e. The number of non-ortho nitro benzene ring substituents is 1. The lowest BCUT2D eigenvalue weighted by atomic mass is 10.2. The molecule has 0 aliphatic heterocycles. The topological polar surface area (TPSA) is 83.8 Å². The van der Waals surface area contributed by atoms with E-state index in [9.17, 15) is 14.5 Å². The van der Waals surface area contributed by atoms with E-state index in [0.717, 1.165) is 23.0 Å². The molecule has 0 aliphatic rings. The molecule has 0 saturated carbocycles. The van der Waals surface area contributed by atoms with E-state index in [0.29, 0.717) is 6.54 Å². The van der Waals surface area contributed by atoms with Crippen LogP contribution in [0.15, 0.2) is 18.2 Å². The van der Waals surface area contributed by atoms with Gasteiger partial charge in [0.2, 0.25) is 0 Å². The number of nitro groups is 1. The van der Waals surface area contributed by atoms with Crippen molar-refractivity contribution in [1.82, 2.24) is 10.2 Å². The van der Waals surface area contributed by atoms with Gasteiger partial charge in [-0.25, -0.2) is 4.39 Å². The molecule has 100 valence electrons. The van der Waals surface area contributed by atoms with Crippen molar-refractivity contribution in [3.63, 3.8) is 0 Å². The van der Waals surface area contributed by atoms with Gasteiger partial charge in [0.25, 0.3) is 5.69 Å². The lowest BCUT2D eigenvalue weighted by Crippen LogP contribution is -2.03. The number of rotatable bonds is 4. The molecule has 19 heavy (non-hydrogen) atoms. The molecule has 0 saturated heterocycles. The highest BCUT2D eigenvalue weighted by Crippen LogP contribution is 2.21. The lowest BCUT2D eigenvalue weighted by molar-refractivity contribution is -0.385. The Kier molecular flexibility index (Phi) is 3.46. The predicted molar refractivity (Wildman–Crippen MR) is 68.4 cm³/mol. The fourth-order valence-electron chi connectivity index (χ4n) is 1.78. The van der Waals surface area contributed by atoms with Gasteiger partial charge < -0.3 is 5.32 Å². The first kappa shape index (κ1) is 13.0. The average molecular weight is 264 g/mol. The molecule has 1 aromatic heterocycles. The smallest absolute Gasteiger partial charge is 0.272 e. The molecule has 0 atom stereocenters. The van der Waals surface area contributed by atoms with Gasteiger partial charge in [-0.2, -0.15) is 5.10 Å². The van der Waals surface area contributed by atoms with Gasteiger partial charge in [-0.1, -0.05) is 0 Å². The average Bonchev–Trinajstić information content (AvgIpc) is 2.68.